The number of anilines is 2. The van der Waals surface area contributed by atoms with Crippen LogP contribution in [0.15, 0.2) is 42.7 Å². The predicted octanol–water partition coefficient (Wildman–Crippen LogP) is 4.35. The number of hydrogen-bond donors (Lipinski definition) is 2. The number of nitrogen functional groups attached to an aromatic ring is 1. The number of aromatic nitrogens is 2. The zero-order chi connectivity index (χ0) is 17.8. The van der Waals surface area contributed by atoms with Gasteiger partial charge in [0.1, 0.15) is 18.0 Å². The number of nitrogens with zero attached hydrogens (tertiary/aromatic N) is 2. The molecule has 130 valence electrons. The maximum atomic E-state index is 13.5. The number of fused-ring (bicyclic) bond motifs is 2. The van der Waals surface area contributed by atoms with E-state index >= 15 is 0 Å². The number of halogens is 1. The van der Waals surface area contributed by atoms with E-state index in [9.17, 15) is 4.39 Å². The third kappa shape index (κ3) is 3.71. The summed E-state index contributed by atoms with van der Waals surface area (Å²) in [5.74, 6) is 0.415. The molecule has 4 rings (SSSR count). The maximum absolute atomic E-state index is 13.5. The molecule has 1 aromatic heterocycles. The summed E-state index contributed by atoms with van der Waals surface area (Å²) in [6.07, 6.45) is 4.41. The van der Waals surface area contributed by atoms with Crippen molar-refractivity contribution in [1.82, 2.24) is 9.97 Å². The summed E-state index contributed by atoms with van der Waals surface area (Å²) in [4.78, 5) is 8.49. The molecule has 4 nitrogen and oxygen atoms in total. The molecule has 1 unspecified atom stereocenters. The second-order valence-corrected chi connectivity index (χ2v) is 6.00. The summed E-state index contributed by atoms with van der Waals surface area (Å²) in [6.45, 7) is 4.00. The predicted molar refractivity (Wildman–Crippen MR) is 101 cm³/mol. The Hall–Kier alpha value is -2.69. The molecular formula is C20H23FN4. The van der Waals surface area contributed by atoms with Crippen LogP contribution in [0, 0.1) is 5.82 Å². The first kappa shape index (κ1) is 17.1. The van der Waals surface area contributed by atoms with Crippen LogP contribution in [-0.4, -0.2) is 16.0 Å². The molecule has 1 aliphatic rings. The zero-order valence-electron chi connectivity index (χ0n) is 14.6. The summed E-state index contributed by atoms with van der Waals surface area (Å²) in [5.41, 5.74) is 10.0. The van der Waals surface area contributed by atoms with Crippen LogP contribution in [-0.2, 0) is 12.8 Å². The lowest BCUT2D eigenvalue weighted by Crippen LogP contribution is -2.28. The molecule has 1 aliphatic carbocycles. The molecule has 1 heterocycles. The Bertz CT molecular complexity index is 879. The average Bonchev–Trinajstić information content (AvgIpc) is 2.64. The molecule has 3 N–H and O–H groups in total. The Balaban J connectivity index is 0.000000880. The van der Waals surface area contributed by atoms with Crippen LogP contribution in [0.1, 0.15) is 31.4 Å². The van der Waals surface area contributed by atoms with E-state index in [2.05, 4.69) is 27.4 Å². The van der Waals surface area contributed by atoms with E-state index in [1.165, 1.54) is 29.6 Å². The largest absolute Gasteiger partial charge is 0.399 e. The van der Waals surface area contributed by atoms with Crippen LogP contribution >= 0.6 is 0 Å². The van der Waals surface area contributed by atoms with E-state index in [0.717, 1.165) is 35.9 Å². The van der Waals surface area contributed by atoms with Crippen LogP contribution in [0.5, 0.6) is 0 Å². The molecule has 1 atom stereocenters. The van der Waals surface area contributed by atoms with Crippen molar-refractivity contribution in [2.45, 2.75) is 39.2 Å². The molecule has 2 aromatic carbocycles. The summed E-state index contributed by atoms with van der Waals surface area (Å²) < 4.78 is 13.5. The lowest BCUT2D eigenvalue weighted by molar-refractivity contribution is 0.609. The molecule has 25 heavy (non-hydrogen) atoms. The number of nitrogens with two attached hydrogens (primary N) is 1. The van der Waals surface area contributed by atoms with Gasteiger partial charge in [0.25, 0.3) is 0 Å². The van der Waals surface area contributed by atoms with Crippen molar-refractivity contribution in [3.05, 3.63) is 59.7 Å². The highest BCUT2D eigenvalue weighted by Gasteiger charge is 2.19. The van der Waals surface area contributed by atoms with Gasteiger partial charge in [-0.05, 0) is 60.7 Å². The van der Waals surface area contributed by atoms with Gasteiger partial charge in [-0.2, -0.15) is 0 Å². The molecule has 0 spiro atoms. The van der Waals surface area contributed by atoms with Crippen molar-refractivity contribution in [2.24, 2.45) is 0 Å². The fourth-order valence-corrected chi connectivity index (χ4v) is 3.24. The molecule has 0 amide bonds. The Morgan fingerprint density at radius 3 is 2.76 bits per heavy atom. The van der Waals surface area contributed by atoms with Crippen molar-refractivity contribution in [2.75, 3.05) is 11.1 Å². The lowest BCUT2D eigenvalue weighted by atomic mass is 9.88. The second-order valence-electron chi connectivity index (χ2n) is 6.00. The minimum absolute atomic E-state index is 0.271. The minimum Gasteiger partial charge on any atom is -0.399 e. The standard InChI is InChI=1S/C18H17FN4.C2H6/c19-13-3-6-17-16(9-13)18(22-10-21-17)23-15-5-2-11-7-14(20)4-1-12(11)8-15;1-2/h1,3-4,6-7,9-10,15H,2,5,8,20H2,(H,21,22,23);1-2H3. The van der Waals surface area contributed by atoms with Crippen molar-refractivity contribution in [3.8, 4) is 0 Å². The number of hydrogen-bond acceptors (Lipinski definition) is 4. The molecule has 0 bridgehead atoms. The van der Waals surface area contributed by atoms with Crippen LogP contribution in [0.4, 0.5) is 15.9 Å². The summed E-state index contributed by atoms with van der Waals surface area (Å²) >= 11 is 0. The highest BCUT2D eigenvalue weighted by molar-refractivity contribution is 5.88. The molecular weight excluding hydrogens is 315 g/mol. The Kier molecular flexibility index (Phi) is 5.12. The first-order valence-electron chi connectivity index (χ1n) is 8.73. The van der Waals surface area contributed by atoms with Crippen LogP contribution in [0.2, 0.25) is 0 Å². The van der Waals surface area contributed by atoms with Crippen molar-refractivity contribution < 1.29 is 4.39 Å². The van der Waals surface area contributed by atoms with Crippen LogP contribution in [0.25, 0.3) is 10.9 Å². The molecule has 5 heteroatoms. The number of aryl methyl sites for hydroxylation is 1. The molecule has 0 saturated heterocycles. The topological polar surface area (TPSA) is 63.8 Å². The molecule has 0 saturated carbocycles. The summed E-state index contributed by atoms with van der Waals surface area (Å²) in [5, 5.41) is 4.18. The number of nitrogens with one attached hydrogen (secondary N) is 1. The van der Waals surface area contributed by atoms with E-state index in [0.29, 0.717) is 5.82 Å². The fraction of sp³-hybridized carbons (Fsp3) is 0.300. The average molecular weight is 338 g/mol. The summed E-state index contributed by atoms with van der Waals surface area (Å²) in [7, 11) is 0. The van der Waals surface area contributed by atoms with Crippen LogP contribution in [0.3, 0.4) is 0 Å². The molecule has 0 fully saturated rings. The van der Waals surface area contributed by atoms with Gasteiger partial charge >= 0.3 is 0 Å². The highest BCUT2D eigenvalue weighted by atomic mass is 19.1. The van der Waals surface area contributed by atoms with Gasteiger partial charge in [-0.1, -0.05) is 19.9 Å². The van der Waals surface area contributed by atoms with Gasteiger partial charge in [0.15, 0.2) is 0 Å². The summed E-state index contributed by atoms with van der Waals surface area (Å²) in [6, 6.07) is 10.9. The van der Waals surface area contributed by atoms with Gasteiger partial charge in [0, 0.05) is 17.1 Å². The van der Waals surface area contributed by atoms with Gasteiger partial charge in [0.05, 0.1) is 5.52 Å². The second kappa shape index (κ2) is 7.47. The Labute approximate surface area is 147 Å². The third-order valence-electron chi connectivity index (χ3n) is 4.40. The van der Waals surface area contributed by atoms with Gasteiger partial charge < -0.3 is 11.1 Å². The lowest BCUT2D eigenvalue weighted by Gasteiger charge is -2.26. The van der Waals surface area contributed by atoms with Gasteiger partial charge in [-0.15, -0.1) is 0 Å². The normalized spacial score (nSPS) is 15.9. The van der Waals surface area contributed by atoms with Crippen molar-refractivity contribution in [3.63, 3.8) is 0 Å². The Morgan fingerprint density at radius 2 is 1.92 bits per heavy atom. The van der Waals surface area contributed by atoms with E-state index < -0.39 is 0 Å². The Morgan fingerprint density at radius 1 is 1.08 bits per heavy atom. The minimum atomic E-state index is -0.278. The van der Waals surface area contributed by atoms with Crippen molar-refractivity contribution >= 4 is 22.4 Å². The van der Waals surface area contributed by atoms with E-state index in [-0.39, 0.29) is 11.9 Å². The number of benzene rings is 2. The SMILES string of the molecule is CC.Nc1ccc2c(c1)CCC(Nc1ncnc3ccc(F)cc13)C2. The first-order valence-corrected chi connectivity index (χ1v) is 8.73. The van der Waals surface area contributed by atoms with E-state index in [1.807, 2.05) is 19.9 Å². The molecule has 3 aromatic rings. The molecule has 0 aliphatic heterocycles. The smallest absolute Gasteiger partial charge is 0.137 e. The van der Waals surface area contributed by atoms with E-state index in [4.69, 9.17) is 5.73 Å². The van der Waals surface area contributed by atoms with Crippen LogP contribution < -0.4 is 11.1 Å². The van der Waals surface area contributed by atoms with Gasteiger partial charge in [-0.25, -0.2) is 14.4 Å². The first-order chi connectivity index (χ1) is 12.2. The monoisotopic (exact) mass is 338 g/mol. The maximum Gasteiger partial charge on any atom is 0.137 e. The molecule has 0 radical (unpaired) electrons. The zero-order valence-corrected chi connectivity index (χ0v) is 14.6. The third-order valence-corrected chi connectivity index (χ3v) is 4.40. The van der Waals surface area contributed by atoms with Gasteiger partial charge in [0.2, 0.25) is 0 Å². The van der Waals surface area contributed by atoms with E-state index in [1.54, 1.807) is 6.07 Å². The fourth-order valence-electron chi connectivity index (χ4n) is 3.24. The number of rotatable bonds is 2. The quantitative estimate of drug-likeness (QED) is 0.682. The van der Waals surface area contributed by atoms with Gasteiger partial charge in [-0.3, -0.25) is 0 Å². The highest BCUT2D eigenvalue weighted by Crippen LogP contribution is 2.27. The van der Waals surface area contributed by atoms with Crippen molar-refractivity contribution in [1.29, 1.82) is 0 Å².